The number of anilines is 1. The number of nitrogens with zero attached hydrogens (tertiary/aromatic N) is 2. The first-order chi connectivity index (χ1) is 10.3. The SMILES string of the molecule is CCOC(c1noc(-c2ccsc2N)n1)C1CCCCC1. The van der Waals surface area contributed by atoms with Gasteiger partial charge in [0.05, 0.1) is 10.6 Å². The van der Waals surface area contributed by atoms with Crippen LogP contribution in [-0.4, -0.2) is 16.7 Å². The van der Waals surface area contributed by atoms with E-state index in [4.69, 9.17) is 15.0 Å². The Morgan fingerprint density at radius 2 is 2.24 bits per heavy atom. The fourth-order valence-corrected chi connectivity index (χ4v) is 3.63. The van der Waals surface area contributed by atoms with Crippen molar-refractivity contribution in [1.29, 1.82) is 0 Å². The van der Waals surface area contributed by atoms with E-state index >= 15 is 0 Å². The number of hydrogen-bond acceptors (Lipinski definition) is 6. The largest absolute Gasteiger partial charge is 0.390 e. The number of aromatic nitrogens is 2. The summed E-state index contributed by atoms with van der Waals surface area (Å²) in [6, 6.07) is 1.91. The van der Waals surface area contributed by atoms with Crippen LogP contribution >= 0.6 is 11.3 Å². The Labute approximate surface area is 128 Å². The monoisotopic (exact) mass is 307 g/mol. The van der Waals surface area contributed by atoms with Crippen molar-refractivity contribution in [2.75, 3.05) is 12.3 Å². The molecule has 3 rings (SSSR count). The molecule has 0 aliphatic heterocycles. The van der Waals surface area contributed by atoms with Gasteiger partial charge in [0.1, 0.15) is 6.10 Å². The summed E-state index contributed by atoms with van der Waals surface area (Å²) in [6.45, 7) is 2.67. The van der Waals surface area contributed by atoms with Crippen LogP contribution < -0.4 is 5.73 Å². The van der Waals surface area contributed by atoms with E-state index in [1.54, 1.807) is 0 Å². The smallest absolute Gasteiger partial charge is 0.261 e. The van der Waals surface area contributed by atoms with Gasteiger partial charge in [0, 0.05) is 6.61 Å². The molecule has 0 radical (unpaired) electrons. The van der Waals surface area contributed by atoms with Crippen molar-refractivity contribution in [2.24, 2.45) is 5.92 Å². The van der Waals surface area contributed by atoms with E-state index < -0.39 is 0 Å². The highest BCUT2D eigenvalue weighted by atomic mass is 32.1. The Morgan fingerprint density at radius 3 is 2.90 bits per heavy atom. The van der Waals surface area contributed by atoms with Gasteiger partial charge in [0.2, 0.25) is 5.82 Å². The van der Waals surface area contributed by atoms with Gasteiger partial charge in [-0.25, -0.2) is 0 Å². The average Bonchev–Trinajstić information content (AvgIpc) is 3.14. The maximum absolute atomic E-state index is 5.92. The highest BCUT2D eigenvalue weighted by molar-refractivity contribution is 7.14. The average molecular weight is 307 g/mol. The maximum atomic E-state index is 5.92. The van der Waals surface area contributed by atoms with Gasteiger partial charge < -0.3 is 15.0 Å². The van der Waals surface area contributed by atoms with Crippen LogP contribution in [0.5, 0.6) is 0 Å². The Morgan fingerprint density at radius 1 is 1.43 bits per heavy atom. The van der Waals surface area contributed by atoms with Crippen molar-refractivity contribution < 1.29 is 9.26 Å². The predicted octanol–water partition coefficient (Wildman–Crippen LogP) is 4.04. The summed E-state index contributed by atoms with van der Waals surface area (Å²) in [7, 11) is 0. The van der Waals surface area contributed by atoms with Crippen LogP contribution in [-0.2, 0) is 4.74 Å². The molecule has 0 aromatic carbocycles. The number of ether oxygens (including phenoxy) is 1. The Balaban J connectivity index is 1.83. The zero-order valence-electron chi connectivity index (χ0n) is 12.2. The first-order valence-corrected chi connectivity index (χ1v) is 8.46. The third-order valence-corrected chi connectivity index (χ3v) is 4.79. The highest BCUT2D eigenvalue weighted by Gasteiger charge is 2.30. The summed E-state index contributed by atoms with van der Waals surface area (Å²) in [5, 5.41) is 6.78. The first-order valence-electron chi connectivity index (χ1n) is 7.58. The molecule has 1 saturated carbocycles. The molecule has 1 aliphatic rings. The van der Waals surface area contributed by atoms with Crippen molar-refractivity contribution in [3.8, 4) is 11.5 Å². The second-order valence-corrected chi connectivity index (χ2v) is 6.38. The lowest BCUT2D eigenvalue weighted by Gasteiger charge is -2.27. The number of rotatable bonds is 5. The molecule has 2 heterocycles. The van der Waals surface area contributed by atoms with Crippen molar-refractivity contribution in [3.05, 3.63) is 17.3 Å². The number of nitrogen functional groups attached to an aromatic ring is 1. The maximum Gasteiger partial charge on any atom is 0.261 e. The molecule has 21 heavy (non-hydrogen) atoms. The van der Waals surface area contributed by atoms with Crippen molar-refractivity contribution in [1.82, 2.24) is 10.1 Å². The summed E-state index contributed by atoms with van der Waals surface area (Å²) in [4.78, 5) is 4.53. The van der Waals surface area contributed by atoms with E-state index in [2.05, 4.69) is 10.1 Å². The van der Waals surface area contributed by atoms with E-state index in [0.717, 1.165) is 5.56 Å². The zero-order valence-corrected chi connectivity index (χ0v) is 13.1. The summed E-state index contributed by atoms with van der Waals surface area (Å²) in [5.41, 5.74) is 6.74. The van der Waals surface area contributed by atoms with E-state index in [1.165, 1.54) is 43.4 Å². The van der Waals surface area contributed by atoms with Gasteiger partial charge >= 0.3 is 0 Å². The number of thiophene rings is 1. The minimum Gasteiger partial charge on any atom is -0.390 e. The Kier molecular flexibility index (Phi) is 4.55. The van der Waals surface area contributed by atoms with Gasteiger partial charge in [-0.15, -0.1) is 11.3 Å². The Bertz CT molecular complexity index is 575. The minimum absolute atomic E-state index is 0.0624. The highest BCUT2D eigenvalue weighted by Crippen LogP contribution is 2.37. The lowest BCUT2D eigenvalue weighted by Crippen LogP contribution is -2.20. The first kappa shape index (κ1) is 14.5. The molecule has 114 valence electrons. The predicted molar refractivity (Wildman–Crippen MR) is 83.0 cm³/mol. The summed E-state index contributed by atoms with van der Waals surface area (Å²) in [5.74, 6) is 1.64. The molecule has 5 nitrogen and oxygen atoms in total. The van der Waals surface area contributed by atoms with Gasteiger partial charge in [-0.3, -0.25) is 0 Å². The van der Waals surface area contributed by atoms with Gasteiger partial charge in [0.25, 0.3) is 5.89 Å². The standard InChI is InChI=1S/C15H21N3O2S/c1-2-19-12(10-6-4-3-5-7-10)14-17-15(20-18-14)11-8-9-21-13(11)16/h8-10,12H,2-7,16H2,1H3. The fourth-order valence-electron chi connectivity index (χ4n) is 3.00. The van der Waals surface area contributed by atoms with Gasteiger partial charge in [-0.2, -0.15) is 4.98 Å². The number of hydrogen-bond donors (Lipinski definition) is 1. The van der Waals surface area contributed by atoms with Crippen molar-refractivity contribution in [3.63, 3.8) is 0 Å². The number of nitrogens with two attached hydrogens (primary N) is 1. The van der Waals surface area contributed by atoms with Crippen LogP contribution in [0.25, 0.3) is 11.5 Å². The molecule has 6 heteroatoms. The van der Waals surface area contributed by atoms with Crippen molar-refractivity contribution >= 4 is 16.3 Å². The molecule has 0 amide bonds. The van der Waals surface area contributed by atoms with Gasteiger partial charge in [-0.05, 0) is 37.1 Å². The second-order valence-electron chi connectivity index (χ2n) is 5.43. The fraction of sp³-hybridized carbons (Fsp3) is 0.600. The molecule has 2 N–H and O–H groups in total. The van der Waals surface area contributed by atoms with E-state index in [-0.39, 0.29) is 6.10 Å². The van der Waals surface area contributed by atoms with Crippen LogP contribution in [0.15, 0.2) is 16.0 Å². The van der Waals surface area contributed by atoms with E-state index in [0.29, 0.717) is 29.2 Å². The van der Waals surface area contributed by atoms with Crippen LogP contribution in [0.3, 0.4) is 0 Å². The van der Waals surface area contributed by atoms with Gasteiger partial charge in [0.15, 0.2) is 0 Å². The van der Waals surface area contributed by atoms with Crippen molar-refractivity contribution in [2.45, 2.75) is 45.1 Å². The Hall–Kier alpha value is -1.40. The molecular weight excluding hydrogens is 286 g/mol. The second kappa shape index (κ2) is 6.58. The lowest BCUT2D eigenvalue weighted by molar-refractivity contribution is -0.00145. The van der Waals surface area contributed by atoms with Gasteiger partial charge in [-0.1, -0.05) is 24.4 Å². The molecule has 1 aliphatic carbocycles. The lowest BCUT2D eigenvalue weighted by atomic mass is 9.85. The summed E-state index contributed by atoms with van der Waals surface area (Å²) >= 11 is 1.47. The molecule has 2 aromatic heterocycles. The third kappa shape index (κ3) is 3.11. The molecule has 1 unspecified atom stereocenters. The molecule has 1 atom stereocenters. The van der Waals surface area contributed by atoms with E-state index in [9.17, 15) is 0 Å². The molecule has 0 saturated heterocycles. The van der Waals surface area contributed by atoms with E-state index in [1.807, 2.05) is 18.4 Å². The molecule has 2 aromatic rings. The molecule has 1 fully saturated rings. The van der Waals surface area contributed by atoms with Crippen LogP contribution in [0, 0.1) is 5.92 Å². The quantitative estimate of drug-likeness (QED) is 0.902. The molecule has 0 bridgehead atoms. The van der Waals surface area contributed by atoms with Crippen LogP contribution in [0.4, 0.5) is 5.00 Å². The topological polar surface area (TPSA) is 74.2 Å². The minimum atomic E-state index is -0.0624. The van der Waals surface area contributed by atoms with Crippen LogP contribution in [0.1, 0.15) is 51.0 Å². The summed E-state index contributed by atoms with van der Waals surface area (Å²) in [6.07, 6.45) is 6.13. The third-order valence-electron chi connectivity index (χ3n) is 4.05. The molecule has 0 spiro atoms. The zero-order chi connectivity index (χ0) is 14.7. The normalized spacial score (nSPS) is 18.0. The molecular formula is C15H21N3O2S. The van der Waals surface area contributed by atoms with Crippen LogP contribution in [0.2, 0.25) is 0 Å². The summed E-state index contributed by atoms with van der Waals surface area (Å²) < 4.78 is 11.3.